The number of benzene rings is 2. The van der Waals surface area contributed by atoms with E-state index in [0.717, 1.165) is 16.8 Å². The molecular formula is C18H17FN4OS. The molecule has 3 aromatic rings. The number of aryl methyl sites for hydroxylation is 2. The predicted molar refractivity (Wildman–Crippen MR) is 94.7 cm³/mol. The minimum Gasteiger partial charge on any atom is -0.293 e. The zero-order chi connectivity index (χ0) is 18.0. The van der Waals surface area contributed by atoms with Gasteiger partial charge in [-0.25, -0.2) is 4.39 Å². The molecule has 5 nitrogen and oxygen atoms in total. The highest BCUT2D eigenvalue weighted by Crippen LogP contribution is 2.26. The van der Waals surface area contributed by atoms with Crippen molar-refractivity contribution in [2.24, 2.45) is 0 Å². The van der Waals surface area contributed by atoms with Crippen molar-refractivity contribution in [3.05, 3.63) is 65.0 Å². The van der Waals surface area contributed by atoms with Gasteiger partial charge >= 0.3 is 0 Å². The summed E-state index contributed by atoms with van der Waals surface area (Å²) in [5, 5.41) is 12.0. The SMILES string of the molecule is Cc1ccc(-n2nnnc2S[C@H](C)C(=O)c2ccc(F)cc2)c(C)c1. The maximum Gasteiger partial charge on any atom is 0.214 e. The second-order valence-electron chi connectivity index (χ2n) is 5.79. The maximum atomic E-state index is 13.0. The molecule has 0 radical (unpaired) electrons. The first kappa shape index (κ1) is 17.3. The Morgan fingerprint density at radius 3 is 2.56 bits per heavy atom. The molecule has 0 bridgehead atoms. The van der Waals surface area contributed by atoms with E-state index in [1.165, 1.54) is 36.0 Å². The molecule has 2 aromatic carbocycles. The number of aromatic nitrogens is 4. The number of halogens is 1. The molecule has 0 amide bonds. The van der Waals surface area contributed by atoms with Crippen LogP contribution in [-0.2, 0) is 0 Å². The second kappa shape index (κ2) is 7.14. The van der Waals surface area contributed by atoms with Crippen LogP contribution in [0.1, 0.15) is 28.4 Å². The quantitative estimate of drug-likeness (QED) is 0.514. The zero-order valence-electron chi connectivity index (χ0n) is 14.1. The van der Waals surface area contributed by atoms with Gasteiger partial charge in [-0.2, -0.15) is 4.68 Å². The van der Waals surface area contributed by atoms with Crippen LogP contribution < -0.4 is 0 Å². The summed E-state index contributed by atoms with van der Waals surface area (Å²) in [7, 11) is 0. The van der Waals surface area contributed by atoms with Gasteiger partial charge in [-0.3, -0.25) is 4.79 Å². The van der Waals surface area contributed by atoms with Gasteiger partial charge in [-0.1, -0.05) is 29.5 Å². The van der Waals surface area contributed by atoms with E-state index in [9.17, 15) is 9.18 Å². The van der Waals surface area contributed by atoms with Gasteiger partial charge < -0.3 is 0 Å². The molecule has 0 aliphatic heterocycles. The van der Waals surface area contributed by atoms with Crippen LogP contribution in [0.25, 0.3) is 5.69 Å². The lowest BCUT2D eigenvalue weighted by Crippen LogP contribution is -2.15. The van der Waals surface area contributed by atoms with Crippen LogP contribution >= 0.6 is 11.8 Å². The fraction of sp³-hybridized carbons (Fsp3) is 0.222. The Morgan fingerprint density at radius 1 is 1.16 bits per heavy atom. The van der Waals surface area contributed by atoms with Crippen LogP contribution in [0.4, 0.5) is 4.39 Å². The van der Waals surface area contributed by atoms with Gasteiger partial charge in [0, 0.05) is 5.56 Å². The number of nitrogens with zero attached hydrogens (tertiary/aromatic N) is 4. The Morgan fingerprint density at radius 2 is 1.88 bits per heavy atom. The highest BCUT2D eigenvalue weighted by molar-refractivity contribution is 8.00. The molecule has 3 rings (SSSR count). The molecule has 0 saturated carbocycles. The highest BCUT2D eigenvalue weighted by Gasteiger charge is 2.21. The van der Waals surface area contributed by atoms with E-state index in [4.69, 9.17) is 0 Å². The van der Waals surface area contributed by atoms with Crippen LogP contribution in [0.5, 0.6) is 0 Å². The predicted octanol–water partition coefficient (Wildman–Crippen LogP) is 3.78. The van der Waals surface area contributed by atoms with E-state index in [2.05, 4.69) is 21.6 Å². The maximum absolute atomic E-state index is 13.0. The molecule has 0 spiro atoms. The molecule has 1 heterocycles. The van der Waals surface area contributed by atoms with E-state index in [1.54, 1.807) is 11.6 Å². The third kappa shape index (κ3) is 3.76. The second-order valence-corrected chi connectivity index (χ2v) is 7.10. The molecule has 0 aliphatic carbocycles. The van der Waals surface area contributed by atoms with Crippen molar-refractivity contribution < 1.29 is 9.18 Å². The summed E-state index contributed by atoms with van der Waals surface area (Å²) in [6.45, 7) is 5.80. The summed E-state index contributed by atoms with van der Waals surface area (Å²) in [5.41, 5.74) is 3.54. The molecule has 0 saturated heterocycles. The number of rotatable bonds is 5. The Bertz CT molecular complexity index is 908. The molecular weight excluding hydrogens is 339 g/mol. The minimum absolute atomic E-state index is 0.0971. The van der Waals surface area contributed by atoms with Crippen molar-refractivity contribution >= 4 is 17.5 Å². The third-order valence-corrected chi connectivity index (χ3v) is 4.83. The largest absolute Gasteiger partial charge is 0.293 e. The smallest absolute Gasteiger partial charge is 0.214 e. The summed E-state index contributed by atoms with van der Waals surface area (Å²) in [6.07, 6.45) is 0. The van der Waals surface area contributed by atoms with Gasteiger partial charge in [0.1, 0.15) is 5.82 Å². The average molecular weight is 356 g/mol. The Balaban J connectivity index is 1.83. The number of thioether (sulfide) groups is 1. The molecule has 1 atom stereocenters. The lowest BCUT2D eigenvalue weighted by Gasteiger charge is -2.11. The lowest BCUT2D eigenvalue weighted by molar-refractivity contribution is 0.0994. The van der Waals surface area contributed by atoms with E-state index < -0.39 is 5.25 Å². The number of carbonyl (C=O) groups excluding carboxylic acids is 1. The minimum atomic E-state index is -0.402. The molecule has 25 heavy (non-hydrogen) atoms. The van der Waals surface area contributed by atoms with Gasteiger partial charge in [0.25, 0.3) is 0 Å². The number of ketones is 1. The topological polar surface area (TPSA) is 60.7 Å². The zero-order valence-corrected chi connectivity index (χ0v) is 14.9. The number of tetrazole rings is 1. The first-order chi connectivity index (χ1) is 12.0. The van der Waals surface area contributed by atoms with Gasteiger partial charge in [0.05, 0.1) is 10.9 Å². The molecule has 1 aromatic heterocycles. The average Bonchev–Trinajstić information content (AvgIpc) is 3.02. The fourth-order valence-electron chi connectivity index (χ4n) is 2.51. The number of Topliss-reactive ketones (excluding diaryl/α,β-unsaturated/α-hetero) is 1. The van der Waals surface area contributed by atoms with Crippen LogP contribution in [0.15, 0.2) is 47.6 Å². The Labute approximate surface area is 149 Å². The van der Waals surface area contributed by atoms with E-state index in [0.29, 0.717) is 10.7 Å². The Hall–Kier alpha value is -2.54. The summed E-state index contributed by atoms with van der Waals surface area (Å²) in [5.74, 6) is -0.462. The molecule has 0 aliphatic rings. The van der Waals surface area contributed by atoms with Gasteiger partial charge in [0.15, 0.2) is 5.78 Å². The summed E-state index contributed by atoms with van der Waals surface area (Å²) >= 11 is 1.28. The van der Waals surface area contributed by atoms with E-state index in [1.807, 2.05) is 26.0 Å². The van der Waals surface area contributed by atoms with Crippen molar-refractivity contribution in [2.45, 2.75) is 31.2 Å². The lowest BCUT2D eigenvalue weighted by atomic mass is 10.1. The molecule has 128 valence electrons. The first-order valence-electron chi connectivity index (χ1n) is 7.78. The van der Waals surface area contributed by atoms with Gasteiger partial charge in [-0.05, 0) is 67.1 Å². The van der Waals surface area contributed by atoms with Crippen molar-refractivity contribution in [2.75, 3.05) is 0 Å². The van der Waals surface area contributed by atoms with E-state index in [-0.39, 0.29) is 11.6 Å². The number of hydrogen-bond acceptors (Lipinski definition) is 5. The molecule has 7 heteroatoms. The third-order valence-electron chi connectivity index (χ3n) is 3.80. The van der Waals surface area contributed by atoms with Crippen molar-refractivity contribution in [3.8, 4) is 5.69 Å². The molecule has 0 N–H and O–H groups in total. The van der Waals surface area contributed by atoms with Crippen LogP contribution in [-0.4, -0.2) is 31.2 Å². The molecule has 0 fully saturated rings. The monoisotopic (exact) mass is 356 g/mol. The van der Waals surface area contributed by atoms with Crippen LogP contribution in [0, 0.1) is 19.7 Å². The van der Waals surface area contributed by atoms with Gasteiger partial charge in [-0.15, -0.1) is 5.10 Å². The van der Waals surface area contributed by atoms with Crippen LogP contribution in [0.2, 0.25) is 0 Å². The summed E-state index contributed by atoms with van der Waals surface area (Å²) < 4.78 is 14.6. The number of carbonyl (C=O) groups is 1. The van der Waals surface area contributed by atoms with Crippen molar-refractivity contribution in [3.63, 3.8) is 0 Å². The van der Waals surface area contributed by atoms with E-state index >= 15 is 0 Å². The summed E-state index contributed by atoms with van der Waals surface area (Å²) in [4.78, 5) is 12.5. The Kier molecular flexibility index (Phi) is 4.94. The van der Waals surface area contributed by atoms with Gasteiger partial charge in [0.2, 0.25) is 5.16 Å². The highest BCUT2D eigenvalue weighted by atomic mass is 32.2. The normalized spacial score (nSPS) is 12.2. The molecule has 0 unspecified atom stereocenters. The van der Waals surface area contributed by atoms with Crippen LogP contribution in [0.3, 0.4) is 0 Å². The number of hydrogen-bond donors (Lipinski definition) is 0. The standard InChI is InChI=1S/C18H17FN4OS/c1-11-4-9-16(12(2)10-11)23-18(20-21-22-23)25-13(3)17(24)14-5-7-15(19)8-6-14/h4-10,13H,1-3H3/t13-/m1/s1. The first-order valence-corrected chi connectivity index (χ1v) is 8.66. The summed E-state index contributed by atoms with van der Waals surface area (Å²) in [6, 6.07) is 11.5. The van der Waals surface area contributed by atoms with Crippen molar-refractivity contribution in [1.29, 1.82) is 0 Å². The fourth-order valence-corrected chi connectivity index (χ4v) is 3.38. The van der Waals surface area contributed by atoms with Crippen molar-refractivity contribution in [1.82, 2.24) is 20.2 Å².